The summed E-state index contributed by atoms with van der Waals surface area (Å²) < 4.78 is 2.19. The molecule has 4 aromatic rings. The minimum absolute atomic E-state index is 0.299. The zero-order chi connectivity index (χ0) is 37.1. The van der Waals surface area contributed by atoms with Crippen molar-refractivity contribution < 1.29 is 24.4 Å². The van der Waals surface area contributed by atoms with E-state index in [1.54, 1.807) is 12.1 Å². The van der Waals surface area contributed by atoms with Gasteiger partial charge in [-0.1, -0.05) is 50.3 Å². The van der Waals surface area contributed by atoms with Crippen LogP contribution in [0.25, 0.3) is 0 Å². The van der Waals surface area contributed by atoms with Gasteiger partial charge < -0.3 is 20.0 Å². The fourth-order valence-corrected chi connectivity index (χ4v) is 8.55. The highest BCUT2D eigenvalue weighted by Gasteiger charge is 2.46. The van der Waals surface area contributed by atoms with Crippen molar-refractivity contribution >= 4 is 40.4 Å². The van der Waals surface area contributed by atoms with E-state index >= 15 is 0 Å². The van der Waals surface area contributed by atoms with Gasteiger partial charge in [-0.3, -0.25) is 0 Å². The van der Waals surface area contributed by atoms with Crippen LogP contribution in [-0.4, -0.2) is 46.5 Å². The number of hydrogen-bond acceptors (Lipinski definition) is 4. The maximum atomic E-state index is 12.0. The lowest BCUT2D eigenvalue weighted by atomic mass is 9.75. The van der Waals surface area contributed by atoms with Crippen molar-refractivity contribution in [2.45, 2.75) is 64.7 Å². The molecule has 1 atom stereocenters. The first-order valence-electron chi connectivity index (χ1n) is 17.8. The highest BCUT2D eigenvalue weighted by Crippen LogP contribution is 2.48. The molecule has 0 aromatic heterocycles. The Labute approximate surface area is 306 Å². The maximum absolute atomic E-state index is 12.0. The topological polar surface area (TPSA) is 84.1 Å². The number of benzene rings is 4. The number of nitrogens with zero attached hydrogens (tertiary/aromatic N) is 3. The summed E-state index contributed by atoms with van der Waals surface area (Å²) in [5, 5.41) is 19.5. The third-order valence-electron chi connectivity index (χ3n) is 11.7. The first kappa shape index (κ1) is 34.7. The Morgan fingerprint density at radius 2 is 1.46 bits per heavy atom. The summed E-state index contributed by atoms with van der Waals surface area (Å²) in [7, 11) is 4.11. The Kier molecular flexibility index (Phi) is 8.56. The molecule has 7 rings (SSSR count). The molecule has 0 saturated carbocycles. The molecular weight excluding hydrogens is 647 g/mol. The van der Waals surface area contributed by atoms with Gasteiger partial charge in [-0.05, 0) is 116 Å². The molecular formula is C45H46N3O4+. The van der Waals surface area contributed by atoms with Crippen LogP contribution in [0.1, 0.15) is 84.9 Å². The molecule has 0 fully saturated rings. The monoisotopic (exact) mass is 692 g/mol. The molecule has 2 N–H and O–H groups in total. The van der Waals surface area contributed by atoms with Crippen LogP contribution in [0.5, 0.6) is 0 Å². The summed E-state index contributed by atoms with van der Waals surface area (Å²) in [4.78, 5) is 28.3. The van der Waals surface area contributed by atoms with Crippen molar-refractivity contribution in [1.82, 2.24) is 0 Å². The van der Waals surface area contributed by atoms with Crippen LogP contribution in [0.15, 0.2) is 126 Å². The third-order valence-corrected chi connectivity index (χ3v) is 11.7. The zero-order valence-electron chi connectivity index (χ0n) is 31.0. The van der Waals surface area contributed by atoms with Gasteiger partial charge >= 0.3 is 11.9 Å². The Hall–Kier alpha value is -5.69. The lowest BCUT2D eigenvalue weighted by Crippen LogP contribution is -2.32. The normalized spacial score (nSPS) is 20.6. The fourth-order valence-electron chi connectivity index (χ4n) is 8.55. The predicted molar refractivity (Wildman–Crippen MR) is 209 cm³/mol. The molecule has 4 aromatic carbocycles. The standard InChI is InChI=1S/C45H45N3O4/c1-28-16-17-31(20-23-40-44(3,4)36-25-32(42(49)50)18-21-38(36)47(40)7)41(28)48(34-13-9-8-10-14-34)35-15-11-12-30(24-35)27-45(5)29(2)46(6)39-22-19-33(43(51)52)26-37(39)45/h8-15,18-26H,16-17,27H2,1-7H3,(H-,49,50,51,52)/p+1/b31-20+,40-23+. The van der Waals surface area contributed by atoms with E-state index in [1.165, 1.54) is 28.1 Å². The van der Waals surface area contributed by atoms with Gasteiger partial charge in [0.25, 0.3) is 0 Å². The van der Waals surface area contributed by atoms with Crippen molar-refractivity contribution in [3.05, 3.63) is 154 Å². The molecule has 1 unspecified atom stereocenters. The average Bonchev–Trinajstić information content (AvgIpc) is 3.64. The van der Waals surface area contributed by atoms with Gasteiger partial charge in [0.15, 0.2) is 5.71 Å². The number of likely N-dealkylation sites (N-methyl/N-ethyl adjacent to an activating group) is 1. The Bertz CT molecular complexity index is 2280. The van der Waals surface area contributed by atoms with Gasteiger partial charge in [-0.25, -0.2) is 14.2 Å². The molecule has 2 heterocycles. The summed E-state index contributed by atoms with van der Waals surface area (Å²) in [5.41, 5.74) is 13.3. The minimum atomic E-state index is -0.919. The van der Waals surface area contributed by atoms with Crippen molar-refractivity contribution in [3.8, 4) is 0 Å². The van der Waals surface area contributed by atoms with Crippen LogP contribution >= 0.6 is 0 Å². The second-order valence-corrected chi connectivity index (χ2v) is 15.1. The second kappa shape index (κ2) is 12.8. The summed E-state index contributed by atoms with van der Waals surface area (Å²) >= 11 is 0. The number of rotatable bonds is 8. The molecule has 2 aliphatic heterocycles. The zero-order valence-corrected chi connectivity index (χ0v) is 31.0. The van der Waals surface area contributed by atoms with Crippen LogP contribution in [0.4, 0.5) is 22.7 Å². The number of aromatic carboxylic acids is 2. The Morgan fingerprint density at radius 3 is 2.15 bits per heavy atom. The van der Waals surface area contributed by atoms with Crippen LogP contribution in [0.2, 0.25) is 0 Å². The van der Waals surface area contributed by atoms with Crippen molar-refractivity contribution in [1.29, 1.82) is 0 Å². The van der Waals surface area contributed by atoms with Crippen molar-refractivity contribution in [2.24, 2.45) is 0 Å². The SMILES string of the molecule is CC1=C(N(c2ccccc2)c2cccc(CC3(C)C(C)=[N+](C)c4ccc(C(=O)O)cc43)c2)/C(=C/C=C2/N(C)c3ccc(C(=O)O)cc3C2(C)C)CC1. The summed E-state index contributed by atoms with van der Waals surface area (Å²) in [6, 6.07) is 30.1. The molecule has 0 saturated heterocycles. The van der Waals surface area contributed by atoms with E-state index in [9.17, 15) is 19.8 Å². The van der Waals surface area contributed by atoms with E-state index in [1.807, 2.05) is 30.3 Å². The molecule has 1 aliphatic carbocycles. The van der Waals surface area contributed by atoms with Gasteiger partial charge in [0.1, 0.15) is 7.05 Å². The van der Waals surface area contributed by atoms with Gasteiger partial charge in [0.05, 0.1) is 16.5 Å². The van der Waals surface area contributed by atoms with Crippen molar-refractivity contribution in [3.63, 3.8) is 0 Å². The Balaban J connectivity index is 1.28. The summed E-state index contributed by atoms with van der Waals surface area (Å²) in [6.07, 6.45) is 7.06. The van der Waals surface area contributed by atoms with E-state index in [4.69, 9.17) is 0 Å². The van der Waals surface area contributed by atoms with E-state index < -0.39 is 11.9 Å². The first-order chi connectivity index (χ1) is 24.7. The lowest BCUT2D eigenvalue weighted by molar-refractivity contribution is -0.403. The molecule has 0 radical (unpaired) electrons. The molecule has 7 heteroatoms. The highest BCUT2D eigenvalue weighted by molar-refractivity contribution is 5.96. The molecule has 0 bridgehead atoms. The molecule has 3 aliphatic rings. The largest absolute Gasteiger partial charge is 0.478 e. The first-order valence-corrected chi connectivity index (χ1v) is 17.8. The van der Waals surface area contributed by atoms with Gasteiger partial charge in [-0.15, -0.1) is 0 Å². The summed E-state index contributed by atoms with van der Waals surface area (Å²) in [5.74, 6) is -1.84. The fraction of sp³-hybridized carbons (Fsp3) is 0.267. The lowest BCUT2D eigenvalue weighted by Gasteiger charge is -2.30. The molecule has 0 spiro atoms. The number of carbonyl (C=O) groups is 2. The average molecular weight is 693 g/mol. The third kappa shape index (κ3) is 5.65. The van der Waals surface area contributed by atoms with Crippen LogP contribution in [-0.2, 0) is 17.3 Å². The van der Waals surface area contributed by atoms with E-state index in [2.05, 4.69) is 124 Å². The van der Waals surface area contributed by atoms with Crippen LogP contribution in [0.3, 0.4) is 0 Å². The number of hydrogen-bond donors (Lipinski definition) is 2. The Morgan fingerprint density at radius 1 is 0.808 bits per heavy atom. The highest BCUT2D eigenvalue weighted by atomic mass is 16.4. The van der Waals surface area contributed by atoms with Gasteiger partial charge in [0.2, 0.25) is 5.69 Å². The number of carboxylic acid groups (broad SMARTS) is 2. The molecule has 52 heavy (non-hydrogen) atoms. The van der Waals surface area contributed by atoms with Gasteiger partial charge in [-0.2, -0.15) is 0 Å². The number of anilines is 3. The van der Waals surface area contributed by atoms with Crippen LogP contribution < -0.4 is 9.80 Å². The van der Waals surface area contributed by atoms with E-state index in [-0.39, 0.29) is 10.8 Å². The smallest absolute Gasteiger partial charge is 0.335 e. The second-order valence-electron chi connectivity index (χ2n) is 15.1. The predicted octanol–water partition coefficient (Wildman–Crippen LogP) is 9.78. The molecule has 7 nitrogen and oxygen atoms in total. The quantitative estimate of drug-likeness (QED) is 0.179. The molecule has 264 valence electrons. The number of fused-ring (bicyclic) bond motifs is 2. The molecule has 0 amide bonds. The van der Waals surface area contributed by atoms with Gasteiger partial charge in [0, 0.05) is 59.5 Å². The van der Waals surface area contributed by atoms with E-state index in [0.29, 0.717) is 17.5 Å². The number of carboxylic acids is 2. The summed E-state index contributed by atoms with van der Waals surface area (Å²) in [6.45, 7) is 10.9. The van der Waals surface area contributed by atoms with Crippen molar-refractivity contribution in [2.75, 3.05) is 23.9 Å². The van der Waals surface area contributed by atoms with Crippen LogP contribution in [0, 0.1) is 0 Å². The number of allylic oxidation sites excluding steroid dienone is 5. The number of para-hydroxylation sites is 1. The minimum Gasteiger partial charge on any atom is -0.478 e. The maximum Gasteiger partial charge on any atom is 0.335 e. The van der Waals surface area contributed by atoms with E-state index in [0.717, 1.165) is 52.4 Å².